The Bertz CT molecular complexity index is 960. The fourth-order valence-electron chi connectivity index (χ4n) is 3.70. The van der Waals surface area contributed by atoms with Gasteiger partial charge in [0.25, 0.3) is 0 Å². The number of aliphatic hydroxyl groups is 1. The number of benzene rings is 1. The van der Waals surface area contributed by atoms with Crippen LogP contribution in [0.2, 0.25) is 10.0 Å². The van der Waals surface area contributed by atoms with Gasteiger partial charge >= 0.3 is 6.18 Å². The number of methoxy groups -OCH3 is 1. The molecule has 2 aromatic rings. The molecule has 1 saturated heterocycles. The Labute approximate surface area is 193 Å². The van der Waals surface area contributed by atoms with Gasteiger partial charge in [-0.2, -0.15) is 18.3 Å². The van der Waals surface area contributed by atoms with Crippen LogP contribution in [0.4, 0.5) is 18.9 Å². The Morgan fingerprint density at radius 1 is 1.25 bits per heavy atom. The topological polar surface area (TPSA) is 70.8 Å². The van der Waals surface area contributed by atoms with Gasteiger partial charge in [0, 0.05) is 44.4 Å². The van der Waals surface area contributed by atoms with Crippen LogP contribution < -0.4 is 9.64 Å². The number of hydrogen-bond acceptors (Lipinski definition) is 6. The molecule has 0 bridgehead atoms. The minimum Gasteiger partial charge on any atom is -0.495 e. The van der Waals surface area contributed by atoms with Gasteiger partial charge in [0.2, 0.25) is 0 Å². The summed E-state index contributed by atoms with van der Waals surface area (Å²) in [5.41, 5.74) is -0.422. The van der Waals surface area contributed by atoms with Gasteiger partial charge in [-0.05, 0) is 19.1 Å². The Morgan fingerprint density at radius 2 is 1.91 bits per heavy atom. The number of halogens is 5. The number of nitrogens with zero attached hydrogens (tertiary/aromatic N) is 4. The molecule has 2 unspecified atom stereocenters. The van der Waals surface area contributed by atoms with E-state index in [0.717, 1.165) is 10.4 Å². The highest BCUT2D eigenvalue weighted by atomic mass is 35.5. The lowest BCUT2D eigenvalue weighted by molar-refractivity contribution is -0.142. The Morgan fingerprint density at radius 3 is 2.44 bits per heavy atom. The first-order valence-electron chi connectivity index (χ1n) is 9.86. The van der Waals surface area contributed by atoms with E-state index in [2.05, 4.69) is 10.00 Å². The smallest absolute Gasteiger partial charge is 0.436 e. The molecule has 1 aliphatic heterocycles. The van der Waals surface area contributed by atoms with Gasteiger partial charge in [-0.3, -0.25) is 9.69 Å². The fraction of sp³-hybridized carbons (Fsp3) is 0.500. The normalized spacial score (nSPS) is 17.3. The van der Waals surface area contributed by atoms with E-state index < -0.39 is 29.2 Å². The van der Waals surface area contributed by atoms with Gasteiger partial charge in [0.15, 0.2) is 18.1 Å². The summed E-state index contributed by atoms with van der Waals surface area (Å²) < 4.78 is 46.3. The average molecular weight is 495 g/mol. The van der Waals surface area contributed by atoms with E-state index >= 15 is 0 Å². The largest absolute Gasteiger partial charge is 0.495 e. The fourth-order valence-corrected chi connectivity index (χ4v) is 4.20. The molecule has 1 aromatic carbocycles. The number of hydrogen-bond donors (Lipinski definition) is 1. The third kappa shape index (κ3) is 5.14. The first-order valence-corrected chi connectivity index (χ1v) is 10.6. The van der Waals surface area contributed by atoms with E-state index in [0.29, 0.717) is 43.2 Å². The number of alkyl halides is 3. The number of rotatable bonds is 7. The van der Waals surface area contributed by atoms with Crippen LogP contribution in [0.1, 0.15) is 24.5 Å². The standard InChI is InChI=1S/C20H23Cl2F3N4O3/c1-12(31)9-15-18(22)19(20(23,24)25)26-29(15)17(11-30)28-7-5-27(6-8-28)13-3-4-14(21)16(10-13)32-2/h3-4,10-12,17,31H,5-9H2,1-2H3. The van der Waals surface area contributed by atoms with Crippen molar-refractivity contribution in [2.75, 3.05) is 38.2 Å². The zero-order valence-corrected chi connectivity index (χ0v) is 19.0. The lowest BCUT2D eigenvalue weighted by Crippen LogP contribution is -2.49. The zero-order chi connectivity index (χ0) is 23.6. The van der Waals surface area contributed by atoms with Gasteiger partial charge in [0.05, 0.1) is 29.0 Å². The summed E-state index contributed by atoms with van der Waals surface area (Å²) in [5, 5.41) is 13.3. The SMILES string of the molecule is COc1cc(N2CCN(C(C=O)n3nc(C(F)(F)F)c(Cl)c3CC(C)O)CC2)ccc1Cl. The minimum absolute atomic E-state index is 0.0315. The molecule has 12 heteroatoms. The molecule has 3 rings (SSSR count). The highest BCUT2D eigenvalue weighted by molar-refractivity contribution is 6.32. The number of aldehydes is 1. The van der Waals surface area contributed by atoms with Gasteiger partial charge < -0.3 is 14.7 Å². The van der Waals surface area contributed by atoms with Crippen molar-refractivity contribution in [3.63, 3.8) is 0 Å². The second-order valence-corrected chi connectivity index (χ2v) is 8.28. The van der Waals surface area contributed by atoms with Crippen LogP contribution >= 0.6 is 23.2 Å². The molecule has 0 spiro atoms. The lowest BCUT2D eigenvalue weighted by atomic mass is 10.2. The average Bonchev–Trinajstić information content (AvgIpc) is 3.05. The van der Waals surface area contributed by atoms with E-state index in [1.54, 1.807) is 17.0 Å². The highest BCUT2D eigenvalue weighted by Crippen LogP contribution is 2.37. The maximum absolute atomic E-state index is 13.4. The van der Waals surface area contributed by atoms with Crippen molar-refractivity contribution in [2.24, 2.45) is 0 Å². The summed E-state index contributed by atoms with van der Waals surface area (Å²) >= 11 is 12.0. The molecular weight excluding hydrogens is 472 g/mol. The minimum atomic E-state index is -4.78. The first kappa shape index (κ1) is 24.6. The van der Waals surface area contributed by atoms with Crippen LogP contribution in [0.15, 0.2) is 18.2 Å². The molecule has 0 amide bonds. The molecule has 7 nitrogen and oxygen atoms in total. The summed E-state index contributed by atoms with van der Waals surface area (Å²) in [6, 6.07) is 5.38. The van der Waals surface area contributed by atoms with Crippen LogP contribution in [-0.4, -0.2) is 65.5 Å². The van der Waals surface area contributed by atoms with E-state index in [1.807, 2.05) is 6.07 Å². The summed E-state index contributed by atoms with van der Waals surface area (Å²) in [4.78, 5) is 15.7. The number of carbonyl (C=O) groups excluding carboxylic acids is 1. The molecule has 32 heavy (non-hydrogen) atoms. The molecule has 1 aliphatic rings. The van der Waals surface area contributed by atoms with E-state index in [4.69, 9.17) is 27.9 Å². The summed E-state index contributed by atoms with van der Waals surface area (Å²) in [5.74, 6) is 0.533. The van der Waals surface area contributed by atoms with Crippen molar-refractivity contribution >= 4 is 35.2 Å². The predicted octanol–water partition coefficient (Wildman–Crippen LogP) is 3.66. The van der Waals surface area contributed by atoms with Gasteiger partial charge in [0.1, 0.15) is 5.75 Å². The van der Waals surface area contributed by atoms with E-state index in [-0.39, 0.29) is 12.1 Å². The summed E-state index contributed by atoms with van der Waals surface area (Å²) in [6.07, 6.45) is -6.46. The molecule has 1 aromatic heterocycles. The van der Waals surface area contributed by atoms with Crippen molar-refractivity contribution in [2.45, 2.75) is 31.8 Å². The van der Waals surface area contributed by atoms with Crippen LogP contribution in [-0.2, 0) is 17.4 Å². The van der Waals surface area contributed by atoms with Crippen LogP contribution in [0, 0.1) is 0 Å². The third-order valence-electron chi connectivity index (χ3n) is 5.26. The maximum Gasteiger partial charge on any atom is 0.436 e. The van der Waals surface area contributed by atoms with Gasteiger partial charge in [-0.1, -0.05) is 23.2 Å². The predicted molar refractivity (Wildman–Crippen MR) is 115 cm³/mol. The quantitative estimate of drug-likeness (QED) is 0.592. The van der Waals surface area contributed by atoms with Crippen molar-refractivity contribution in [3.8, 4) is 5.75 Å². The number of carbonyl (C=O) groups is 1. The lowest BCUT2D eigenvalue weighted by Gasteiger charge is -2.38. The molecule has 0 aliphatic carbocycles. The number of piperazine rings is 1. The zero-order valence-electron chi connectivity index (χ0n) is 17.4. The summed E-state index contributed by atoms with van der Waals surface area (Å²) in [6.45, 7) is 3.24. The second-order valence-electron chi connectivity index (χ2n) is 7.50. The van der Waals surface area contributed by atoms with Crippen molar-refractivity contribution in [3.05, 3.63) is 39.6 Å². The second kappa shape index (κ2) is 9.86. The van der Waals surface area contributed by atoms with Crippen LogP contribution in [0.25, 0.3) is 0 Å². The van der Waals surface area contributed by atoms with Crippen LogP contribution in [0.3, 0.4) is 0 Å². The summed E-state index contributed by atoms with van der Waals surface area (Å²) in [7, 11) is 1.52. The Hall–Kier alpha value is -2.01. The van der Waals surface area contributed by atoms with E-state index in [9.17, 15) is 23.1 Å². The third-order valence-corrected chi connectivity index (χ3v) is 5.97. The van der Waals surface area contributed by atoms with Crippen molar-refractivity contribution in [1.82, 2.24) is 14.7 Å². The molecule has 0 radical (unpaired) electrons. The first-order chi connectivity index (χ1) is 15.1. The molecule has 1 fully saturated rings. The number of aliphatic hydroxyl groups excluding tert-OH is 1. The molecule has 176 valence electrons. The van der Waals surface area contributed by atoms with Gasteiger partial charge in [-0.25, -0.2) is 4.68 Å². The Balaban J connectivity index is 1.83. The van der Waals surface area contributed by atoms with Crippen molar-refractivity contribution in [1.29, 1.82) is 0 Å². The molecular formula is C20H23Cl2F3N4O3. The molecule has 2 heterocycles. The highest BCUT2D eigenvalue weighted by Gasteiger charge is 2.40. The number of aromatic nitrogens is 2. The molecule has 1 N–H and O–H groups in total. The maximum atomic E-state index is 13.4. The van der Waals surface area contributed by atoms with Crippen molar-refractivity contribution < 1.29 is 27.8 Å². The molecule has 2 atom stereocenters. The van der Waals surface area contributed by atoms with Gasteiger partial charge in [-0.15, -0.1) is 0 Å². The molecule has 0 saturated carbocycles. The number of ether oxygens (including phenoxy) is 1. The monoisotopic (exact) mass is 494 g/mol. The van der Waals surface area contributed by atoms with E-state index in [1.165, 1.54) is 14.0 Å². The number of anilines is 1. The Kier molecular flexibility index (Phi) is 7.59. The van der Waals surface area contributed by atoms with Crippen LogP contribution in [0.5, 0.6) is 5.75 Å².